The molecule has 0 saturated carbocycles. The Morgan fingerprint density at radius 2 is 2.07 bits per heavy atom. The molecular formula is C13H17N. The molecular weight excluding hydrogens is 170 g/mol. The minimum absolute atomic E-state index is 0.557. The van der Waals surface area contributed by atoms with Crippen molar-refractivity contribution >= 4 is 0 Å². The van der Waals surface area contributed by atoms with Crippen LogP contribution < -0.4 is 5.32 Å². The van der Waals surface area contributed by atoms with Crippen LogP contribution in [0.15, 0.2) is 43.0 Å². The van der Waals surface area contributed by atoms with Gasteiger partial charge in [0.1, 0.15) is 0 Å². The summed E-state index contributed by atoms with van der Waals surface area (Å²) < 4.78 is 0. The van der Waals surface area contributed by atoms with Crippen molar-refractivity contribution in [2.75, 3.05) is 0 Å². The van der Waals surface area contributed by atoms with E-state index in [9.17, 15) is 0 Å². The molecule has 1 nitrogen and oxygen atoms in total. The monoisotopic (exact) mass is 187 g/mol. The lowest BCUT2D eigenvalue weighted by atomic mass is 10.1. The Labute approximate surface area is 85.8 Å². The molecule has 0 spiro atoms. The summed E-state index contributed by atoms with van der Waals surface area (Å²) in [6.07, 6.45) is 5.61. The van der Waals surface area contributed by atoms with Crippen LogP contribution in [0.3, 0.4) is 0 Å². The Kier molecular flexibility index (Phi) is 3.00. The van der Waals surface area contributed by atoms with Crippen molar-refractivity contribution in [1.82, 2.24) is 5.32 Å². The van der Waals surface area contributed by atoms with Gasteiger partial charge in [0.25, 0.3) is 0 Å². The molecule has 0 radical (unpaired) electrons. The smallest absolute Gasteiger partial charge is 0.0323 e. The molecule has 0 amide bonds. The normalized spacial score (nSPS) is 26.3. The van der Waals surface area contributed by atoms with Crippen molar-refractivity contribution in [1.29, 1.82) is 0 Å². The second kappa shape index (κ2) is 4.43. The van der Waals surface area contributed by atoms with Crippen molar-refractivity contribution in [3.05, 3.63) is 48.6 Å². The van der Waals surface area contributed by atoms with Crippen LogP contribution in [0.4, 0.5) is 0 Å². The van der Waals surface area contributed by atoms with Gasteiger partial charge in [-0.15, -0.1) is 6.58 Å². The molecule has 1 aromatic carbocycles. The number of hydrogen-bond acceptors (Lipinski definition) is 1. The largest absolute Gasteiger partial charge is 0.307 e. The van der Waals surface area contributed by atoms with Gasteiger partial charge in [-0.2, -0.15) is 0 Å². The Balaban J connectivity index is 1.99. The lowest BCUT2D eigenvalue weighted by molar-refractivity contribution is 0.557. The maximum absolute atomic E-state index is 3.78. The van der Waals surface area contributed by atoms with E-state index in [-0.39, 0.29) is 0 Å². The average Bonchev–Trinajstić information content (AvgIpc) is 2.68. The van der Waals surface area contributed by atoms with Gasteiger partial charge in [0.2, 0.25) is 0 Å². The first-order valence-corrected chi connectivity index (χ1v) is 5.32. The summed E-state index contributed by atoms with van der Waals surface area (Å²) in [7, 11) is 0. The summed E-state index contributed by atoms with van der Waals surface area (Å²) in [6, 6.07) is 11.9. The van der Waals surface area contributed by atoms with Crippen LogP contribution in [-0.2, 0) is 0 Å². The quantitative estimate of drug-likeness (QED) is 0.717. The van der Waals surface area contributed by atoms with Crippen molar-refractivity contribution in [2.45, 2.75) is 31.3 Å². The van der Waals surface area contributed by atoms with Crippen molar-refractivity contribution in [2.24, 2.45) is 0 Å². The maximum Gasteiger partial charge on any atom is 0.0323 e. The van der Waals surface area contributed by atoms with Crippen LogP contribution in [0.1, 0.15) is 30.9 Å². The van der Waals surface area contributed by atoms with Gasteiger partial charge in [-0.3, -0.25) is 0 Å². The number of nitrogens with one attached hydrogen (secondary N) is 1. The van der Waals surface area contributed by atoms with E-state index in [1.165, 1.54) is 18.4 Å². The average molecular weight is 187 g/mol. The summed E-state index contributed by atoms with van der Waals surface area (Å²) in [4.78, 5) is 0. The van der Waals surface area contributed by atoms with E-state index >= 15 is 0 Å². The molecule has 0 aromatic heterocycles. The number of benzene rings is 1. The van der Waals surface area contributed by atoms with E-state index in [1.807, 2.05) is 6.08 Å². The summed E-state index contributed by atoms with van der Waals surface area (Å²) in [5, 5.41) is 3.64. The van der Waals surface area contributed by atoms with Gasteiger partial charge in [-0.25, -0.2) is 0 Å². The molecule has 2 atom stereocenters. The minimum atomic E-state index is 0.557. The second-order valence-electron chi connectivity index (χ2n) is 3.93. The number of hydrogen-bond donors (Lipinski definition) is 1. The van der Waals surface area contributed by atoms with Gasteiger partial charge in [0, 0.05) is 12.1 Å². The Morgan fingerprint density at radius 3 is 2.79 bits per heavy atom. The third-order valence-electron chi connectivity index (χ3n) is 2.89. The summed E-state index contributed by atoms with van der Waals surface area (Å²) in [5.74, 6) is 0. The lowest BCUT2D eigenvalue weighted by Crippen LogP contribution is -2.23. The molecule has 14 heavy (non-hydrogen) atoms. The number of rotatable bonds is 3. The fraction of sp³-hybridized carbons (Fsp3) is 0.385. The molecule has 2 rings (SSSR count). The Bertz CT molecular complexity index is 291. The van der Waals surface area contributed by atoms with Gasteiger partial charge in [-0.05, 0) is 24.8 Å². The van der Waals surface area contributed by atoms with Gasteiger partial charge >= 0.3 is 0 Å². The van der Waals surface area contributed by atoms with E-state index in [2.05, 4.69) is 42.2 Å². The standard InChI is InChI=1S/C13H17N/c1-2-6-12-9-10-13(14-12)11-7-4-3-5-8-11/h2-5,7-8,12-14H,1,6,9-10H2/t12-,13+/m0/s1. The Hall–Kier alpha value is -1.08. The highest BCUT2D eigenvalue weighted by molar-refractivity contribution is 5.20. The van der Waals surface area contributed by atoms with Gasteiger partial charge in [0.05, 0.1) is 0 Å². The van der Waals surface area contributed by atoms with E-state index in [0.717, 1.165) is 6.42 Å². The van der Waals surface area contributed by atoms with Crippen LogP contribution in [0, 0.1) is 0 Å². The van der Waals surface area contributed by atoms with Crippen LogP contribution in [-0.4, -0.2) is 6.04 Å². The highest BCUT2D eigenvalue weighted by Gasteiger charge is 2.23. The molecule has 1 saturated heterocycles. The van der Waals surface area contributed by atoms with Gasteiger partial charge in [0.15, 0.2) is 0 Å². The molecule has 0 aliphatic carbocycles. The summed E-state index contributed by atoms with van der Waals surface area (Å²) in [5.41, 5.74) is 1.42. The molecule has 74 valence electrons. The molecule has 1 heterocycles. The molecule has 1 aromatic rings. The molecule has 0 bridgehead atoms. The topological polar surface area (TPSA) is 12.0 Å². The first-order chi connectivity index (χ1) is 6.90. The zero-order valence-corrected chi connectivity index (χ0v) is 8.45. The van der Waals surface area contributed by atoms with Crippen LogP contribution in [0.25, 0.3) is 0 Å². The Morgan fingerprint density at radius 1 is 1.29 bits per heavy atom. The van der Waals surface area contributed by atoms with Crippen LogP contribution in [0.5, 0.6) is 0 Å². The van der Waals surface area contributed by atoms with E-state index in [4.69, 9.17) is 0 Å². The fourth-order valence-electron chi connectivity index (χ4n) is 2.15. The first-order valence-electron chi connectivity index (χ1n) is 5.32. The zero-order chi connectivity index (χ0) is 9.80. The fourth-order valence-corrected chi connectivity index (χ4v) is 2.15. The molecule has 1 fully saturated rings. The lowest BCUT2D eigenvalue weighted by Gasteiger charge is -2.13. The predicted molar refractivity (Wildman–Crippen MR) is 60.2 cm³/mol. The third kappa shape index (κ3) is 2.05. The van der Waals surface area contributed by atoms with Crippen molar-refractivity contribution in [3.8, 4) is 0 Å². The van der Waals surface area contributed by atoms with Crippen molar-refractivity contribution < 1.29 is 0 Å². The molecule has 0 unspecified atom stereocenters. The predicted octanol–water partition coefficient (Wildman–Crippen LogP) is 3.06. The molecule has 1 heteroatoms. The SMILES string of the molecule is C=CC[C@H]1CC[C@H](c2ccccc2)N1. The molecule has 1 N–H and O–H groups in total. The second-order valence-corrected chi connectivity index (χ2v) is 3.93. The van der Waals surface area contributed by atoms with Crippen LogP contribution in [0.2, 0.25) is 0 Å². The molecule has 1 aliphatic rings. The van der Waals surface area contributed by atoms with Crippen molar-refractivity contribution in [3.63, 3.8) is 0 Å². The van der Waals surface area contributed by atoms with Gasteiger partial charge < -0.3 is 5.32 Å². The van der Waals surface area contributed by atoms with E-state index in [1.54, 1.807) is 0 Å². The summed E-state index contributed by atoms with van der Waals surface area (Å²) in [6.45, 7) is 3.78. The van der Waals surface area contributed by atoms with Crippen LogP contribution >= 0.6 is 0 Å². The minimum Gasteiger partial charge on any atom is -0.307 e. The first kappa shape index (κ1) is 9.47. The molecule has 1 aliphatic heterocycles. The zero-order valence-electron chi connectivity index (χ0n) is 8.45. The highest BCUT2D eigenvalue weighted by Crippen LogP contribution is 2.27. The van der Waals surface area contributed by atoms with E-state index in [0.29, 0.717) is 12.1 Å². The summed E-state index contributed by atoms with van der Waals surface area (Å²) >= 11 is 0. The highest BCUT2D eigenvalue weighted by atomic mass is 15.0. The van der Waals surface area contributed by atoms with E-state index < -0.39 is 0 Å². The maximum atomic E-state index is 3.78. The third-order valence-corrected chi connectivity index (χ3v) is 2.89. The van der Waals surface area contributed by atoms with Gasteiger partial charge in [-0.1, -0.05) is 36.4 Å².